The molecule has 0 aliphatic carbocycles. The van der Waals surface area contributed by atoms with Crippen molar-refractivity contribution in [3.63, 3.8) is 0 Å². The van der Waals surface area contributed by atoms with Gasteiger partial charge in [0.1, 0.15) is 24.3 Å². The Hall–Kier alpha value is -8.31. The van der Waals surface area contributed by atoms with E-state index in [4.69, 9.17) is 30.7 Å². The second-order valence-corrected chi connectivity index (χ2v) is 27.9. The summed E-state index contributed by atoms with van der Waals surface area (Å²) in [5, 5.41) is 23.6. The van der Waals surface area contributed by atoms with Crippen LogP contribution in [0.2, 0.25) is 0 Å². The van der Waals surface area contributed by atoms with Gasteiger partial charge >= 0.3 is 18.1 Å². The molecule has 4 aromatic carbocycles. The van der Waals surface area contributed by atoms with Crippen LogP contribution in [0.1, 0.15) is 136 Å². The molecule has 2 atom stereocenters. The number of amidine groups is 1. The first kappa shape index (κ1) is 77.7. The van der Waals surface area contributed by atoms with E-state index in [-0.39, 0.29) is 120 Å². The second-order valence-electron chi connectivity index (χ2n) is 26.0. The van der Waals surface area contributed by atoms with Gasteiger partial charge in [0.15, 0.2) is 11.6 Å². The van der Waals surface area contributed by atoms with Crippen LogP contribution in [0.25, 0.3) is 17.2 Å². The van der Waals surface area contributed by atoms with Crippen molar-refractivity contribution >= 4 is 75.4 Å². The molecule has 1 saturated heterocycles. The van der Waals surface area contributed by atoms with Crippen molar-refractivity contribution in [2.75, 3.05) is 64.3 Å². The highest BCUT2D eigenvalue weighted by atomic mass is 32.2. The summed E-state index contributed by atoms with van der Waals surface area (Å²) in [6, 6.07) is 15.3. The van der Waals surface area contributed by atoms with Crippen LogP contribution in [0, 0.1) is 40.5 Å². The van der Waals surface area contributed by atoms with E-state index in [2.05, 4.69) is 26.6 Å². The number of nitrogens with one attached hydrogen (secondary N) is 5. The van der Waals surface area contributed by atoms with Crippen molar-refractivity contribution in [2.45, 2.75) is 155 Å². The molecular weight excluding hydrogens is 1280 g/mol. The zero-order valence-electron chi connectivity index (χ0n) is 56.3. The Balaban J connectivity index is 1.03. The minimum atomic E-state index is -3.83. The molecule has 6 amide bonds. The number of aldehydes is 1. The van der Waals surface area contributed by atoms with Crippen LogP contribution in [-0.2, 0) is 56.5 Å². The fourth-order valence-corrected chi connectivity index (χ4v) is 12.4. The van der Waals surface area contributed by atoms with Crippen LogP contribution < -0.4 is 42.8 Å². The van der Waals surface area contributed by atoms with E-state index < -0.39 is 97.5 Å². The number of aryl methyl sites for hydroxylation is 1. The highest BCUT2D eigenvalue weighted by Crippen LogP contribution is 2.38. The van der Waals surface area contributed by atoms with Gasteiger partial charge in [0.25, 0.3) is 0 Å². The van der Waals surface area contributed by atoms with Gasteiger partial charge in [0, 0.05) is 101 Å². The number of nitrogens with zero attached hydrogens (tertiary/aromatic N) is 3. The lowest BCUT2D eigenvalue weighted by Crippen LogP contribution is -2.61. The Kier molecular flexibility index (Phi) is 28.3. The molecule has 10 N–H and O–H groups in total. The maximum atomic E-state index is 14.2. The van der Waals surface area contributed by atoms with E-state index in [1.807, 2.05) is 43.0 Å². The standard InChI is InChI=1S/C69H92F4N10O13S/c1-9-28-82(29-10-2)63(88)49-33-52-47(31-48(34-56(52)80-57(74)35-49)46-16-13-17-51(32-46)97(92,93)83-37-45(38-83)39-84)15-11-12-26-77-66(91)94-40-44-19-21-50(22-20-44)79-62(87)55(18-14-27-76-65(75)90)78-41-69(42-85,43(3)4)81-58(86)23-24-68(7,8)95-30-25-67(5,6)64(89)96-61-59(72)53(70)36-54(71)60(61)73/h13,16-17,19-22,31-34,36,42-43,45,55,78,84H,9-12,14-15,18,23-30,35,37-41H2,1-8H3,(H2,74,80)(H,77,91)(H,79,87)(H,81,86)(H3,75,76,90)/t55-,69+/m0/s1. The number of amides is 6. The number of urea groups is 1. The molecule has 97 heavy (non-hydrogen) atoms. The molecule has 530 valence electrons. The van der Waals surface area contributed by atoms with E-state index in [1.54, 1.807) is 70.2 Å². The van der Waals surface area contributed by atoms with Crippen molar-refractivity contribution in [1.29, 1.82) is 0 Å². The number of fused-ring (bicyclic) bond motifs is 1. The number of rotatable bonds is 37. The number of alkyl carbamates (subject to hydrolysis) is 1. The van der Waals surface area contributed by atoms with Gasteiger partial charge in [-0.15, -0.1) is 0 Å². The first-order chi connectivity index (χ1) is 45.9. The number of carbonyl (C=O) groups is 7. The number of carbonyl (C=O) groups excluding carboxylic acids is 7. The van der Waals surface area contributed by atoms with Gasteiger partial charge in [-0.25, -0.2) is 31.8 Å². The van der Waals surface area contributed by atoms with Crippen LogP contribution in [0.4, 0.5) is 38.5 Å². The lowest BCUT2D eigenvalue weighted by Gasteiger charge is -2.36. The second kappa shape index (κ2) is 35.3. The quantitative estimate of drug-likeness (QED) is 0.00522. The number of benzene rings is 4. The molecular formula is C69H92F4N10O13S. The number of aliphatic hydroxyl groups is 1. The zero-order chi connectivity index (χ0) is 71.4. The monoisotopic (exact) mass is 1380 g/mol. The molecule has 0 bridgehead atoms. The molecule has 28 heteroatoms. The van der Waals surface area contributed by atoms with Crippen LogP contribution in [-0.4, -0.2) is 147 Å². The molecule has 0 saturated carbocycles. The van der Waals surface area contributed by atoms with Crippen LogP contribution in [0.15, 0.2) is 82.2 Å². The molecule has 23 nitrogen and oxygen atoms in total. The largest absolute Gasteiger partial charge is 0.445 e. The van der Waals surface area contributed by atoms with E-state index in [0.29, 0.717) is 72.3 Å². The maximum absolute atomic E-state index is 14.2. The predicted octanol–water partition coefficient (Wildman–Crippen LogP) is 8.85. The van der Waals surface area contributed by atoms with Crippen molar-refractivity contribution in [3.8, 4) is 16.9 Å². The minimum absolute atomic E-state index is 0.0101. The average molecular weight is 1380 g/mol. The first-order valence-electron chi connectivity index (χ1n) is 32.6. The summed E-state index contributed by atoms with van der Waals surface area (Å²) in [5.41, 5.74) is 12.7. The van der Waals surface area contributed by atoms with Gasteiger partial charge < -0.3 is 67.1 Å². The van der Waals surface area contributed by atoms with Crippen molar-refractivity contribution in [2.24, 2.45) is 33.7 Å². The Morgan fingerprint density at radius 1 is 0.866 bits per heavy atom. The third kappa shape index (κ3) is 21.8. The average Bonchev–Trinajstić information content (AvgIpc) is 1.60. The molecule has 6 rings (SSSR count). The number of aliphatic hydroxyl groups excluding tert-OH is 1. The van der Waals surface area contributed by atoms with Crippen LogP contribution in [0.3, 0.4) is 0 Å². The van der Waals surface area contributed by atoms with Crippen LogP contribution in [0.5, 0.6) is 5.75 Å². The molecule has 0 radical (unpaired) electrons. The van der Waals surface area contributed by atoms with Crippen LogP contribution >= 0.6 is 0 Å². The summed E-state index contributed by atoms with van der Waals surface area (Å²) >= 11 is 0. The van der Waals surface area contributed by atoms with Crippen molar-refractivity contribution in [3.05, 3.63) is 112 Å². The number of unbranched alkanes of at least 4 members (excludes halogenated alkanes) is 1. The smallest absolute Gasteiger partial charge is 0.407 e. The highest BCUT2D eigenvalue weighted by molar-refractivity contribution is 7.89. The summed E-state index contributed by atoms with van der Waals surface area (Å²) < 4.78 is 101. The molecule has 2 aliphatic heterocycles. The molecule has 0 spiro atoms. The van der Waals surface area contributed by atoms with E-state index >= 15 is 0 Å². The third-order valence-electron chi connectivity index (χ3n) is 17.0. The number of ether oxygens (including phenoxy) is 3. The number of nitrogens with two attached hydrogens (primary N) is 2. The van der Waals surface area contributed by atoms with Gasteiger partial charge in [-0.05, 0) is 150 Å². The predicted molar refractivity (Wildman–Crippen MR) is 358 cm³/mol. The number of hydrogen-bond acceptors (Lipinski definition) is 16. The lowest BCUT2D eigenvalue weighted by atomic mass is 9.86. The Labute approximate surface area is 564 Å². The minimum Gasteiger partial charge on any atom is -0.445 e. The zero-order valence-corrected chi connectivity index (χ0v) is 57.2. The summed E-state index contributed by atoms with van der Waals surface area (Å²) in [6.45, 7) is 15.1. The summed E-state index contributed by atoms with van der Waals surface area (Å²) in [4.78, 5) is 98.6. The third-order valence-corrected chi connectivity index (χ3v) is 18.8. The number of sulfonamides is 1. The molecule has 0 aromatic heterocycles. The number of esters is 1. The highest BCUT2D eigenvalue weighted by Gasteiger charge is 2.39. The molecule has 2 aliphatic rings. The van der Waals surface area contributed by atoms with Crippen molar-refractivity contribution in [1.82, 2.24) is 30.5 Å². The normalized spacial score (nSPS) is 14.5. The molecule has 0 unspecified atom stereocenters. The van der Waals surface area contributed by atoms with Gasteiger partial charge in [0.2, 0.25) is 45.1 Å². The van der Waals surface area contributed by atoms with E-state index in [0.717, 1.165) is 24.0 Å². The molecule has 1 fully saturated rings. The number of anilines is 1. The van der Waals surface area contributed by atoms with Gasteiger partial charge in [0.05, 0.1) is 27.6 Å². The van der Waals surface area contributed by atoms with Gasteiger partial charge in [-0.2, -0.15) is 13.1 Å². The Morgan fingerprint density at radius 3 is 2.16 bits per heavy atom. The fraction of sp³-hybridized carbons (Fsp3) is 0.507. The topological polar surface area (TPSA) is 333 Å². The molecule has 4 aromatic rings. The number of primary amides is 1. The Bertz CT molecular complexity index is 3610. The first-order valence-corrected chi connectivity index (χ1v) is 34.0. The Morgan fingerprint density at radius 2 is 1.54 bits per heavy atom. The maximum Gasteiger partial charge on any atom is 0.407 e. The fourth-order valence-electron chi connectivity index (χ4n) is 10.8. The van der Waals surface area contributed by atoms with E-state index in [9.17, 15) is 64.6 Å². The van der Waals surface area contributed by atoms with Gasteiger partial charge in [-0.3, -0.25) is 19.2 Å². The molecule has 2 heterocycles. The lowest BCUT2D eigenvalue weighted by molar-refractivity contribution is -0.146. The SMILES string of the molecule is CCCN(CCC)C(=O)C1=Cc2c(CCCCNC(=O)OCc3ccc(NC(=O)[C@H](CCCNC(N)=O)NC[C@](C=O)(NC(=O)CCC(C)(C)OCCC(C)(C)C(=O)Oc4c(F)c(F)cc(F)c4F)C(C)C)cc3)cc(-c3cccc(S(=O)(=O)N4CC(CO)C4)c3)cc2N=C(N)C1. The number of halogens is 4. The summed E-state index contributed by atoms with van der Waals surface area (Å²) in [6.07, 6.45) is 5.42. The number of hydrogen-bond donors (Lipinski definition) is 8. The van der Waals surface area contributed by atoms with Crippen molar-refractivity contribution < 1.29 is 78.9 Å². The van der Waals surface area contributed by atoms with Gasteiger partial charge in [-0.1, -0.05) is 58.0 Å². The number of aliphatic imine (C=N–C) groups is 1. The summed E-state index contributed by atoms with van der Waals surface area (Å²) in [5.74, 6) is -11.4. The van der Waals surface area contributed by atoms with E-state index in [1.165, 1.54) is 18.2 Å². The summed E-state index contributed by atoms with van der Waals surface area (Å²) in [7, 11) is -3.83.